The van der Waals surface area contributed by atoms with Gasteiger partial charge in [-0.2, -0.15) is 0 Å². The number of aldehydes is 1. The van der Waals surface area contributed by atoms with E-state index in [2.05, 4.69) is 0 Å². The van der Waals surface area contributed by atoms with Crippen LogP contribution < -0.4 is 0 Å². The molecule has 0 aromatic carbocycles. The summed E-state index contributed by atoms with van der Waals surface area (Å²) in [6.07, 6.45) is 8.59. The molecular weight excluding hydrogens is 236 g/mol. The minimum absolute atomic E-state index is 0.420. The third kappa shape index (κ3) is 1.21. The Bertz CT molecular complexity index is 419. The van der Waals surface area contributed by atoms with Crippen LogP contribution in [0.5, 0.6) is 0 Å². The van der Waals surface area contributed by atoms with Gasteiger partial charge in [-0.1, -0.05) is 0 Å². The number of fused-ring (bicyclic) bond motifs is 12. The summed E-state index contributed by atoms with van der Waals surface area (Å²) in [5, 5.41) is 0. The second-order valence-electron chi connectivity index (χ2n) is 8.07. The van der Waals surface area contributed by atoms with E-state index in [9.17, 15) is 4.79 Å². The van der Waals surface area contributed by atoms with Crippen LogP contribution in [0, 0.1) is 53.3 Å². The third-order valence-electron chi connectivity index (χ3n) is 7.94. The van der Waals surface area contributed by atoms with Crippen molar-refractivity contribution in [2.45, 2.75) is 38.2 Å². The maximum absolute atomic E-state index is 11.3. The van der Waals surface area contributed by atoms with Crippen LogP contribution in [0.15, 0.2) is 0 Å². The first kappa shape index (κ1) is 11.3. The van der Waals surface area contributed by atoms with Crippen LogP contribution in [0.2, 0.25) is 0 Å². The molecule has 10 unspecified atom stereocenters. The summed E-state index contributed by atoms with van der Waals surface area (Å²) in [7, 11) is 1.89. The topological polar surface area (TPSA) is 26.3 Å². The first-order chi connectivity index (χ1) is 9.31. The molecule has 19 heavy (non-hydrogen) atoms. The van der Waals surface area contributed by atoms with E-state index in [0.717, 1.165) is 47.3 Å². The maximum atomic E-state index is 11.3. The average Bonchev–Trinajstić information content (AvgIpc) is 3.17. The number of rotatable bonds is 2. The Hall–Kier alpha value is -0.370. The molecule has 5 rings (SSSR count). The smallest absolute Gasteiger partial charge is 0.123 e. The van der Waals surface area contributed by atoms with Crippen LogP contribution >= 0.6 is 0 Å². The summed E-state index contributed by atoms with van der Waals surface area (Å²) in [6, 6.07) is 0. The monoisotopic (exact) mass is 260 g/mol. The van der Waals surface area contributed by atoms with E-state index in [1.807, 2.05) is 7.11 Å². The van der Waals surface area contributed by atoms with E-state index < -0.39 is 0 Å². The van der Waals surface area contributed by atoms with Gasteiger partial charge in [0.1, 0.15) is 6.29 Å². The Morgan fingerprint density at radius 2 is 1.58 bits per heavy atom. The van der Waals surface area contributed by atoms with Crippen molar-refractivity contribution in [2.24, 2.45) is 53.3 Å². The Labute approximate surface area is 115 Å². The van der Waals surface area contributed by atoms with Gasteiger partial charge in [0.2, 0.25) is 0 Å². The highest BCUT2D eigenvalue weighted by Crippen LogP contribution is 2.73. The Kier molecular flexibility index (Phi) is 2.16. The van der Waals surface area contributed by atoms with Crippen LogP contribution in [0.1, 0.15) is 32.1 Å². The molecule has 0 radical (unpaired) electrons. The molecule has 0 aliphatic heterocycles. The van der Waals surface area contributed by atoms with E-state index in [0.29, 0.717) is 12.0 Å². The van der Waals surface area contributed by atoms with Crippen molar-refractivity contribution in [1.29, 1.82) is 0 Å². The molecule has 0 heterocycles. The van der Waals surface area contributed by atoms with E-state index in [1.54, 1.807) is 0 Å². The number of carbonyl (C=O) groups is 1. The first-order valence-corrected chi connectivity index (χ1v) is 8.30. The fourth-order valence-corrected chi connectivity index (χ4v) is 7.67. The summed E-state index contributed by atoms with van der Waals surface area (Å²) in [4.78, 5) is 11.3. The molecule has 0 N–H and O–H groups in total. The number of methoxy groups -OCH3 is 1. The summed E-state index contributed by atoms with van der Waals surface area (Å²) in [5.41, 5.74) is 0. The number of ether oxygens (including phenoxy) is 1. The number of carbonyl (C=O) groups excluding carboxylic acids is 1. The van der Waals surface area contributed by atoms with Crippen LogP contribution in [-0.4, -0.2) is 19.5 Å². The lowest BCUT2D eigenvalue weighted by Gasteiger charge is -2.42. The van der Waals surface area contributed by atoms with Crippen molar-refractivity contribution in [2.75, 3.05) is 7.11 Å². The second-order valence-corrected chi connectivity index (χ2v) is 8.07. The van der Waals surface area contributed by atoms with Gasteiger partial charge in [0.25, 0.3) is 0 Å². The fourth-order valence-electron chi connectivity index (χ4n) is 7.67. The molecule has 0 aromatic heterocycles. The number of hydrogen-bond donors (Lipinski definition) is 0. The van der Waals surface area contributed by atoms with Crippen LogP contribution in [-0.2, 0) is 9.53 Å². The summed E-state index contributed by atoms with van der Waals surface area (Å²) in [6.45, 7) is 0. The summed E-state index contributed by atoms with van der Waals surface area (Å²) in [5.74, 6) is 7.91. The zero-order valence-corrected chi connectivity index (χ0v) is 11.7. The Morgan fingerprint density at radius 3 is 2.26 bits per heavy atom. The maximum Gasteiger partial charge on any atom is 0.123 e. The average molecular weight is 260 g/mol. The molecule has 104 valence electrons. The Balaban J connectivity index is 1.47. The van der Waals surface area contributed by atoms with E-state index in [4.69, 9.17) is 4.74 Å². The first-order valence-electron chi connectivity index (χ1n) is 8.30. The molecule has 5 aliphatic carbocycles. The van der Waals surface area contributed by atoms with E-state index >= 15 is 0 Å². The van der Waals surface area contributed by atoms with Crippen LogP contribution in [0.3, 0.4) is 0 Å². The van der Waals surface area contributed by atoms with Crippen LogP contribution in [0.25, 0.3) is 0 Å². The lowest BCUT2D eigenvalue weighted by atomic mass is 9.62. The third-order valence-corrected chi connectivity index (χ3v) is 7.94. The standard InChI is InChI=1S/C17H24O2/c1-19-10-4-12-13(5-10)15-6-14(12)16-8-2-9(7-18)11(3-8)17(15)16/h7-17H,2-6H2,1H3. The predicted molar refractivity (Wildman–Crippen MR) is 71.4 cm³/mol. The predicted octanol–water partition coefficient (Wildman–Crippen LogP) is 2.76. The van der Waals surface area contributed by atoms with Crippen molar-refractivity contribution in [1.82, 2.24) is 0 Å². The molecule has 0 saturated heterocycles. The lowest BCUT2D eigenvalue weighted by molar-refractivity contribution is -0.114. The van der Waals surface area contributed by atoms with Gasteiger partial charge in [0, 0.05) is 13.0 Å². The van der Waals surface area contributed by atoms with Crippen molar-refractivity contribution in [3.63, 3.8) is 0 Å². The highest BCUT2D eigenvalue weighted by atomic mass is 16.5. The van der Waals surface area contributed by atoms with Crippen molar-refractivity contribution in [3.8, 4) is 0 Å². The summed E-state index contributed by atoms with van der Waals surface area (Å²) < 4.78 is 5.65. The molecule has 4 bridgehead atoms. The van der Waals surface area contributed by atoms with E-state index in [1.165, 1.54) is 38.4 Å². The van der Waals surface area contributed by atoms with Gasteiger partial charge in [-0.25, -0.2) is 0 Å². The van der Waals surface area contributed by atoms with Crippen molar-refractivity contribution >= 4 is 6.29 Å². The van der Waals surface area contributed by atoms with Crippen LogP contribution in [0.4, 0.5) is 0 Å². The minimum atomic E-state index is 0.420. The van der Waals surface area contributed by atoms with Crippen molar-refractivity contribution < 1.29 is 9.53 Å². The molecule has 2 heteroatoms. The lowest BCUT2D eigenvalue weighted by Crippen LogP contribution is -2.39. The highest BCUT2D eigenvalue weighted by Gasteiger charge is 2.68. The normalized spacial score (nSPS) is 64.5. The largest absolute Gasteiger partial charge is 0.381 e. The van der Waals surface area contributed by atoms with Gasteiger partial charge in [-0.15, -0.1) is 0 Å². The second kappa shape index (κ2) is 3.63. The zero-order chi connectivity index (χ0) is 12.7. The molecule has 10 atom stereocenters. The molecular formula is C17H24O2. The molecule has 0 aromatic rings. The highest BCUT2D eigenvalue weighted by molar-refractivity contribution is 5.55. The molecule has 5 saturated carbocycles. The fraction of sp³-hybridized carbons (Fsp3) is 0.941. The van der Waals surface area contributed by atoms with Crippen molar-refractivity contribution in [3.05, 3.63) is 0 Å². The quantitative estimate of drug-likeness (QED) is 0.564. The molecule has 5 aliphatic rings. The molecule has 0 spiro atoms. The number of hydrogen-bond acceptors (Lipinski definition) is 2. The molecule has 0 amide bonds. The van der Waals surface area contributed by atoms with Gasteiger partial charge in [0.05, 0.1) is 6.10 Å². The minimum Gasteiger partial charge on any atom is -0.381 e. The van der Waals surface area contributed by atoms with Gasteiger partial charge in [-0.05, 0) is 79.4 Å². The Morgan fingerprint density at radius 1 is 0.842 bits per heavy atom. The molecule has 5 fully saturated rings. The SMILES string of the molecule is COC1CC2C(C1)C1CC2C2C3CC(C=O)C(C3)C12. The van der Waals surface area contributed by atoms with Gasteiger partial charge >= 0.3 is 0 Å². The van der Waals surface area contributed by atoms with E-state index in [-0.39, 0.29) is 0 Å². The van der Waals surface area contributed by atoms with Gasteiger partial charge in [0.15, 0.2) is 0 Å². The molecule has 2 nitrogen and oxygen atoms in total. The zero-order valence-electron chi connectivity index (χ0n) is 11.7. The van der Waals surface area contributed by atoms with Gasteiger partial charge in [-0.3, -0.25) is 0 Å². The van der Waals surface area contributed by atoms with Gasteiger partial charge < -0.3 is 9.53 Å². The summed E-state index contributed by atoms with van der Waals surface area (Å²) >= 11 is 0.